The molecule has 10 heteroatoms. The van der Waals surface area contributed by atoms with E-state index in [2.05, 4.69) is 4.98 Å². The molecule has 1 aliphatic heterocycles. The van der Waals surface area contributed by atoms with Crippen LogP contribution in [0.1, 0.15) is 47.1 Å². The van der Waals surface area contributed by atoms with Crippen molar-refractivity contribution in [1.29, 1.82) is 0 Å². The first-order valence-corrected chi connectivity index (χ1v) is 12.3. The van der Waals surface area contributed by atoms with Gasteiger partial charge in [-0.2, -0.15) is 13.2 Å². The van der Waals surface area contributed by atoms with Gasteiger partial charge in [-0.25, -0.2) is 13.4 Å². The van der Waals surface area contributed by atoms with E-state index in [1.165, 1.54) is 12.1 Å². The molecule has 1 aromatic heterocycles. The second-order valence-electron chi connectivity index (χ2n) is 7.42. The summed E-state index contributed by atoms with van der Waals surface area (Å²) < 4.78 is 62.2. The van der Waals surface area contributed by atoms with E-state index in [-0.39, 0.29) is 23.5 Å². The fourth-order valence-electron chi connectivity index (χ4n) is 3.45. The summed E-state index contributed by atoms with van der Waals surface area (Å²) in [6.07, 6.45) is -2.38. The third kappa shape index (κ3) is 5.03. The third-order valence-corrected chi connectivity index (χ3v) is 8.06. The van der Waals surface area contributed by atoms with Gasteiger partial charge in [-0.15, -0.1) is 11.3 Å². The zero-order chi connectivity index (χ0) is 22.1. The highest BCUT2D eigenvalue weighted by atomic mass is 32.2. The van der Waals surface area contributed by atoms with Crippen LogP contribution in [0.2, 0.25) is 0 Å². The molecule has 2 aromatic rings. The van der Waals surface area contributed by atoms with E-state index >= 15 is 0 Å². The predicted octanol–water partition coefficient (Wildman–Crippen LogP) is 4.57. The molecule has 1 aliphatic rings. The summed E-state index contributed by atoms with van der Waals surface area (Å²) in [6.45, 7) is 4.14. The molecule has 1 saturated heterocycles. The molecule has 5 nitrogen and oxygen atoms in total. The monoisotopic (exact) mass is 460 g/mol. The lowest BCUT2D eigenvalue weighted by atomic mass is 10.1. The van der Waals surface area contributed by atoms with E-state index in [9.17, 15) is 26.4 Å². The quantitative estimate of drug-likeness (QED) is 0.634. The van der Waals surface area contributed by atoms with Crippen LogP contribution in [-0.4, -0.2) is 48.3 Å². The van der Waals surface area contributed by atoms with Gasteiger partial charge in [-0.1, -0.05) is 25.5 Å². The first kappa shape index (κ1) is 22.7. The van der Waals surface area contributed by atoms with Crippen LogP contribution in [0.5, 0.6) is 0 Å². The number of alkyl halides is 3. The Hall–Kier alpha value is -1.94. The van der Waals surface area contributed by atoms with E-state index in [1.54, 1.807) is 11.8 Å². The van der Waals surface area contributed by atoms with Gasteiger partial charge in [0.05, 0.1) is 22.8 Å². The van der Waals surface area contributed by atoms with Crippen LogP contribution in [0.25, 0.3) is 10.6 Å². The van der Waals surface area contributed by atoms with Gasteiger partial charge in [0.2, 0.25) is 0 Å². The Bertz CT molecular complexity index is 1010. The van der Waals surface area contributed by atoms with Crippen molar-refractivity contribution in [2.45, 2.75) is 45.3 Å². The van der Waals surface area contributed by atoms with Gasteiger partial charge in [0.25, 0.3) is 5.91 Å². The van der Waals surface area contributed by atoms with Crippen LogP contribution in [0.4, 0.5) is 13.2 Å². The second kappa shape index (κ2) is 8.66. The van der Waals surface area contributed by atoms with Gasteiger partial charge in [0, 0.05) is 18.2 Å². The van der Waals surface area contributed by atoms with Crippen LogP contribution in [0.3, 0.4) is 0 Å². The SMILES string of the molecule is CCCCN(C(=O)c1sc(-c2ccc(C(F)(F)F)cc2)nc1C)C1CCS(=O)(=O)C1. The van der Waals surface area contributed by atoms with E-state index < -0.39 is 21.6 Å². The third-order valence-electron chi connectivity index (χ3n) is 5.11. The van der Waals surface area contributed by atoms with Gasteiger partial charge >= 0.3 is 6.18 Å². The van der Waals surface area contributed by atoms with Crippen molar-refractivity contribution in [2.24, 2.45) is 0 Å². The number of thiazole rings is 1. The maximum absolute atomic E-state index is 13.3. The van der Waals surface area contributed by atoms with Gasteiger partial charge in [-0.05, 0) is 31.9 Å². The molecule has 0 saturated carbocycles. The number of hydrogen-bond acceptors (Lipinski definition) is 5. The van der Waals surface area contributed by atoms with Crippen LogP contribution >= 0.6 is 11.3 Å². The molecular formula is C20H23F3N2O3S2. The molecule has 0 aliphatic carbocycles. The van der Waals surface area contributed by atoms with E-state index in [0.29, 0.717) is 34.1 Å². The maximum atomic E-state index is 13.3. The highest BCUT2D eigenvalue weighted by molar-refractivity contribution is 7.91. The van der Waals surface area contributed by atoms with E-state index in [0.717, 1.165) is 36.3 Å². The van der Waals surface area contributed by atoms with Crippen molar-refractivity contribution < 1.29 is 26.4 Å². The van der Waals surface area contributed by atoms with Gasteiger partial charge < -0.3 is 4.90 Å². The molecule has 1 fully saturated rings. The largest absolute Gasteiger partial charge is 0.416 e. The molecule has 1 aromatic carbocycles. The topological polar surface area (TPSA) is 67.3 Å². The molecule has 30 heavy (non-hydrogen) atoms. The molecule has 0 N–H and O–H groups in total. The lowest BCUT2D eigenvalue weighted by Gasteiger charge is -2.28. The normalized spacial score (nSPS) is 18.5. The number of aromatic nitrogens is 1. The zero-order valence-corrected chi connectivity index (χ0v) is 18.3. The van der Waals surface area contributed by atoms with E-state index in [4.69, 9.17) is 0 Å². The Labute approximate surface area is 177 Å². The second-order valence-corrected chi connectivity index (χ2v) is 10.6. The lowest BCUT2D eigenvalue weighted by Crippen LogP contribution is -2.41. The molecule has 1 atom stereocenters. The molecule has 3 rings (SSSR count). The van der Waals surface area contributed by atoms with Crippen molar-refractivity contribution in [2.75, 3.05) is 18.1 Å². The molecule has 164 valence electrons. The number of benzene rings is 1. The van der Waals surface area contributed by atoms with Gasteiger partial charge in [-0.3, -0.25) is 4.79 Å². The minimum Gasteiger partial charge on any atom is -0.334 e. The molecule has 0 bridgehead atoms. The first-order valence-electron chi connectivity index (χ1n) is 9.68. The number of halogens is 3. The number of sulfone groups is 1. The van der Waals surface area contributed by atoms with Crippen molar-refractivity contribution in [3.05, 3.63) is 40.4 Å². The van der Waals surface area contributed by atoms with Crippen LogP contribution in [-0.2, 0) is 16.0 Å². The summed E-state index contributed by atoms with van der Waals surface area (Å²) in [5, 5.41) is 0.457. The molecule has 2 heterocycles. The first-order chi connectivity index (χ1) is 14.0. The molecule has 0 spiro atoms. The highest BCUT2D eigenvalue weighted by Crippen LogP contribution is 2.34. The highest BCUT2D eigenvalue weighted by Gasteiger charge is 2.36. The number of carbonyl (C=O) groups excluding carboxylic acids is 1. The Morgan fingerprint density at radius 1 is 1.27 bits per heavy atom. The smallest absolute Gasteiger partial charge is 0.334 e. The van der Waals surface area contributed by atoms with E-state index in [1.807, 2.05) is 6.92 Å². The fraction of sp³-hybridized carbons (Fsp3) is 0.500. The minimum absolute atomic E-state index is 0.0356. The summed E-state index contributed by atoms with van der Waals surface area (Å²) in [7, 11) is -3.14. The summed E-state index contributed by atoms with van der Waals surface area (Å²) in [5.41, 5.74) is 0.241. The van der Waals surface area contributed by atoms with Crippen molar-refractivity contribution in [3.63, 3.8) is 0 Å². The Morgan fingerprint density at radius 3 is 2.47 bits per heavy atom. The Kier molecular flexibility index (Phi) is 6.57. The number of rotatable bonds is 6. The van der Waals surface area contributed by atoms with Gasteiger partial charge in [0.15, 0.2) is 9.84 Å². The number of amides is 1. The zero-order valence-electron chi connectivity index (χ0n) is 16.7. The number of nitrogens with zero attached hydrogens (tertiary/aromatic N) is 2. The van der Waals surface area contributed by atoms with Crippen molar-refractivity contribution in [3.8, 4) is 10.6 Å². The average Bonchev–Trinajstić information content (AvgIpc) is 3.23. The molecular weight excluding hydrogens is 437 g/mol. The maximum Gasteiger partial charge on any atom is 0.416 e. The minimum atomic E-state index is -4.42. The number of aryl methyl sites for hydroxylation is 1. The van der Waals surface area contributed by atoms with Crippen molar-refractivity contribution >= 4 is 27.1 Å². The number of hydrogen-bond donors (Lipinski definition) is 0. The summed E-state index contributed by atoms with van der Waals surface area (Å²) in [6, 6.07) is 4.31. The number of unbranched alkanes of at least 4 members (excludes halogenated alkanes) is 1. The Balaban J connectivity index is 1.87. The van der Waals surface area contributed by atoms with Crippen LogP contribution in [0.15, 0.2) is 24.3 Å². The number of carbonyl (C=O) groups is 1. The predicted molar refractivity (Wildman–Crippen MR) is 110 cm³/mol. The average molecular weight is 461 g/mol. The van der Waals surface area contributed by atoms with Crippen molar-refractivity contribution in [1.82, 2.24) is 9.88 Å². The summed E-state index contributed by atoms with van der Waals surface area (Å²) in [4.78, 5) is 19.7. The summed E-state index contributed by atoms with van der Waals surface area (Å²) >= 11 is 1.12. The molecule has 0 radical (unpaired) electrons. The fourth-order valence-corrected chi connectivity index (χ4v) is 6.21. The standard InChI is InChI=1S/C20H23F3N2O3S2/c1-3-4-10-25(16-9-11-30(27,28)12-16)19(26)17-13(2)24-18(29-17)14-5-7-15(8-6-14)20(21,22)23/h5-8,16H,3-4,9-12H2,1-2H3. The van der Waals surface area contributed by atoms with Gasteiger partial charge in [0.1, 0.15) is 9.88 Å². The molecule has 1 unspecified atom stereocenters. The molecule has 1 amide bonds. The Morgan fingerprint density at radius 2 is 1.93 bits per heavy atom. The summed E-state index contributed by atoms with van der Waals surface area (Å²) in [5.74, 6) is -0.225. The van der Waals surface area contributed by atoms with Crippen LogP contribution < -0.4 is 0 Å². The van der Waals surface area contributed by atoms with Crippen LogP contribution in [0, 0.1) is 6.92 Å². The lowest BCUT2D eigenvalue weighted by molar-refractivity contribution is -0.137.